The fraction of sp³-hybridized carbons (Fsp3) is 0.857. The number of unbranched alkanes of at least 4 members (excludes halogenated alkanes) is 2. The second-order valence-corrected chi connectivity index (χ2v) is 8.20. The lowest BCUT2D eigenvalue weighted by molar-refractivity contribution is -0.139. The van der Waals surface area contributed by atoms with Gasteiger partial charge in [0.15, 0.2) is 5.78 Å². The first-order chi connectivity index (χ1) is 13.6. The van der Waals surface area contributed by atoms with Gasteiger partial charge in [0, 0.05) is 19.0 Å². The van der Waals surface area contributed by atoms with E-state index in [9.17, 15) is 19.5 Å². The molecule has 8 heteroatoms. The van der Waals surface area contributed by atoms with Crippen LogP contribution in [0.5, 0.6) is 0 Å². The molecule has 29 heavy (non-hydrogen) atoms. The van der Waals surface area contributed by atoms with Crippen LogP contribution in [0.3, 0.4) is 0 Å². The van der Waals surface area contributed by atoms with Gasteiger partial charge in [0.1, 0.15) is 6.04 Å². The Labute approximate surface area is 176 Å². The molecular weight excluding hydrogens is 372 g/mol. The van der Waals surface area contributed by atoms with Crippen molar-refractivity contribution in [2.24, 2.45) is 0 Å². The molecule has 0 bridgehead atoms. The first kappa shape index (κ1) is 27.5. The number of Topliss-reactive ketones (excluding diaryl/α,β-unsaturated/α-hetero) is 1. The Morgan fingerprint density at radius 2 is 1.24 bits per heavy atom. The van der Waals surface area contributed by atoms with E-state index in [0.717, 1.165) is 38.8 Å². The topological polar surface area (TPSA) is 120 Å². The zero-order valence-corrected chi connectivity index (χ0v) is 18.8. The fourth-order valence-corrected chi connectivity index (χ4v) is 2.95. The highest BCUT2D eigenvalue weighted by Gasteiger charge is 2.22. The van der Waals surface area contributed by atoms with Crippen LogP contribution in [-0.2, 0) is 14.4 Å². The van der Waals surface area contributed by atoms with Crippen molar-refractivity contribution in [3.8, 4) is 0 Å². The highest BCUT2D eigenvalue weighted by Crippen LogP contribution is 2.05. The Balaban J connectivity index is 4.40. The standard InChI is InChI=1S/C21H42N4O4/c1-15(2)22-12-8-6-10-18(25-17(5)26)20(27)14-24-19(21(28)29)11-7-9-13-23-16(3)4/h15-16,18-19,22-24H,6-14H2,1-5H3,(H,25,26)(H,28,29). The van der Waals surface area contributed by atoms with Crippen LogP contribution in [-0.4, -0.2) is 66.6 Å². The molecule has 170 valence electrons. The highest BCUT2D eigenvalue weighted by molar-refractivity contribution is 5.90. The van der Waals surface area contributed by atoms with Gasteiger partial charge in [0.25, 0.3) is 0 Å². The molecule has 0 aliphatic rings. The number of nitrogens with one attached hydrogen (secondary N) is 4. The van der Waals surface area contributed by atoms with Crippen molar-refractivity contribution in [3.05, 3.63) is 0 Å². The second kappa shape index (κ2) is 16.3. The maximum atomic E-state index is 12.5. The Morgan fingerprint density at radius 3 is 1.66 bits per heavy atom. The van der Waals surface area contributed by atoms with Crippen molar-refractivity contribution in [2.45, 2.75) is 97.3 Å². The summed E-state index contributed by atoms with van der Waals surface area (Å²) < 4.78 is 0. The maximum absolute atomic E-state index is 12.5. The lowest BCUT2D eigenvalue weighted by Crippen LogP contribution is -2.47. The van der Waals surface area contributed by atoms with Crippen LogP contribution >= 0.6 is 0 Å². The third kappa shape index (κ3) is 16.0. The molecule has 0 fully saturated rings. The predicted octanol–water partition coefficient (Wildman–Crippen LogP) is 1.44. The van der Waals surface area contributed by atoms with Gasteiger partial charge in [0.2, 0.25) is 5.91 Å². The second-order valence-electron chi connectivity index (χ2n) is 8.20. The number of hydrogen-bond acceptors (Lipinski definition) is 6. The number of carbonyl (C=O) groups is 3. The lowest BCUT2D eigenvalue weighted by atomic mass is 10.0. The molecule has 0 aromatic rings. The first-order valence-electron chi connectivity index (χ1n) is 10.9. The predicted molar refractivity (Wildman–Crippen MR) is 116 cm³/mol. The average Bonchev–Trinajstić information content (AvgIpc) is 2.61. The van der Waals surface area contributed by atoms with E-state index in [1.807, 2.05) is 0 Å². The van der Waals surface area contributed by atoms with E-state index in [0.29, 0.717) is 24.9 Å². The minimum Gasteiger partial charge on any atom is -0.480 e. The van der Waals surface area contributed by atoms with E-state index in [2.05, 4.69) is 49.0 Å². The number of rotatable bonds is 18. The van der Waals surface area contributed by atoms with Gasteiger partial charge < -0.3 is 21.1 Å². The van der Waals surface area contributed by atoms with E-state index in [4.69, 9.17) is 0 Å². The molecule has 0 aromatic heterocycles. The average molecular weight is 415 g/mol. The minimum absolute atomic E-state index is 0.0591. The number of carbonyl (C=O) groups excluding carboxylic acids is 2. The van der Waals surface area contributed by atoms with Crippen LogP contribution in [0, 0.1) is 0 Å². The summed E-state index contributed by atoms with van der Waals surface area (Å²) in [5, 5.41) is 21.6. The number of hydrogen-bond donors (Lipinski definition) is 5. The fourth-order valence-electron chi connectivity index (χ4n) is 2.95. The maximum Gasteiger partial charge on any atom is 0.320 e. The lowest BCUT2D eigenvalue weighted by Gasteiger charge is -2.19. The zero-order valence-electron chi connectivity index (χ0n) is 18.8. The Morgan fingerprint density at radius 1 is 0.759 bits per heavy atom. The number of amides is 1. The van der Waals surface area contributed by atoms with E-state index in [1.165, 1.54) is 6.92 Å². The minimum atomic E-state index is -0.953. The molecule has 0 saturated carbocycles. The van der Waals surface area contributed by atoms with Crippen LogP contribution < -0.4 is 21.3 Å². The zero-order chi connectivity index (χ0) is 22.2. The van der Waals surface area contributed by atoms with Crippen molar-refractivity contribution in [1.82, 2.24) is 21.3 Å². The highest BCUT2D eigenvalue weighted by atomic mass is 16.4. The molecule has 0 rings (SSSR count). The molecular formula is C21H42N4O4. The first-order valence-corrected chi connectivity index (χ1v) is 10.9. The van der Waals surface area contributed by atoms with Gasteiger partial charge >= 0.3 is 5.97 Å². The van der Waals surface area contributed by atoms with Crippen molar-refractivity contribution in [1.29, 1.82) is 0 Å². The van der Waals surface area contributed by atoms with Crippen LogP contribution in [0.25, 0.3) is 0 Å². The van der Waals surface area contributed by atoms with Gasteiger partial charge in [-0.25, -0.2) is 0 Å². The molecule has 0 aliphatic carbocycles. The van der Waals surface area contributed by atoms with E-state index in [1.54, 1.807) is 0 Å². The van der Waals surface area contributed by atoms with Crippen molar-refractivity contribution < 1.29 is 19.5 Å². The molecule has 0 heterocycles. The normalized spacial score (nSPS) is 13.5. The largest absolute Gasteiger partial charge is 0.480 e. The van der Waals surface area contributed by atoms with E-state index < -0.39 is 18.1 Å². The van der Waals surface area contributed by atoms with Crippen LogP contribution in [0.1, 0.15) is 73.1 Å². The van der Waals surface area contributed by atoms with E-state index >= 15 is 0 Å². The van der Waals surface area contributed by atoms with E-state index in [-0.39, 0.29) is 18.2 Å². The van der Waals surface area contributed by atoms with Crippen LogP contribution in [0.15, 0.2) is 0 Å². The molecule has 2 unspecified atom stereocenters. The Hall–Kier alpha value is -1.51. The van der Waals surface area contributed by atoms with Crippen molar-refractivity contribution in [2.75, 3.05) is 19.6 Å². The van der Waals surface area contributed by atoms with Gasteiger partial charge in [0.05, 0.1) is 12.6 Å². The van der Waals surface area contributed by atoms with Gasteiger partial charge in [-0.05, 0) is 45.2 Å². The molecule has 5 N–H and O–H groups in total. The van der Waals surface area contributed by atoms with Crippen LogP contribution in [0.4, 0.5) is 0 Å². The number of ketones is 1. The molecule has 0 aromatic carbocycles. The summed E-state index contributed by atoms with van der Waals surface area (Å²) in [6.07, 6.45) is 4.39. The third-order valence-corrected chi connectivity index (χ3v) is 4.53. The molecule has 0 radical (unpaired) electrons. The number of carboxylic acid groups (broad SMARTS) is 1. The smallest absolute Gasteiger partial charge is 0.320 e. The molecule has 2 atom stereocenters. The monoisotopic (exact) mass is 414 g/mol. The summed E-state index contributed by atoms with van der Waals surface area (Å²) >= 11 is 0. The van der Waals surface area contributed by atoms with Gasteiger partial charge in [-0.15, -0.1) is 0 Å². The van der Waals surface area contributed by atoms with Gasteiger partial charge in [-0.1, -0.05) is 34.1 Å². The number of carboxylic acids is 1. The molecule has 1 amide bonds. The van der Waals surface area contributed by atoms with Gasteiger partial charge in [-0.2, -0.15) is 0 Å². The molecule has 8 nitrogen and oxygen atoms in total. The summed E-state index contributed by atoms with van der Waals surface area (Å²) in [7, 11) is 0. The van der Waals surface area contributed by atoms with Crippen molar-refractivity contribution >= 4 is 17.7 Å². The summed E-state index contributed by atoms with van der Waals surface area (Å²) in [4.78, 5) is 35.4. The van der Waals surface area contributed by atoms with Crippen LogP contribution in [0.2, 0.25) is 0 Å². The third-order valence-electron chi connectivity index (χ3n) is 4.53. The quantitative estimate of drug-likeness (QED) is 0.215. The molecule has 0 spiro atoms. The Kier molecular flexibility index (Phi) is 15.5. The summed E-state index contributed by atoms with van der Waals surface area (Å²) in [5.74, 6) is -1.38. The SMILES string of the molecule is CC(=O)NC(CCCCNC(C)C)C(=O)CNC(CCCCNC(C)C)C(=O)O. The van der Waals surface area contributed by atoms with Crippen molar-refractivity contribution in [3.63, 3.8) is 0 Å². The summed E-state index contributed by atoms with van der Waals surface area (Å²) in [5.41, 5.74) is 0. The Bertz CT molecular complexity index is 483. The number of aliphatic carboxylic acids is 1. The molecule has 0 saturated heterocycles. The summed E-state index contributed by atoms with van der Waals surface area (Å²) in [6, 6.07) is -0.510. The summed E-state index contributed by atoms with van der Waals surface area (Å²) in [6.45, 7) is 11.3. The molecule has 0 aliphatic heterocycles. The van der Waals surface area contributed by atoms with Gasteiger partial charge in [-0.3, -0.25) is 19.7 Å².